The fraction of sp³-hybridized carbons (Fsp3) is 0.884. The number of aliphatic hydroxyl groups excluding tert-OH is 1. The van der Waals surface area contributed by atoms with E-state index in [9.17, 15) is 9.90 Å². The first-order valence-corrected chi connectivity index (χ1v) is 20.7. The first-order valence-electron chi connectivity index (χ1n) is 20.7. The Morgan fingerprint density at radius 2 is 0.957 bits per heavy atom. The molecule has 276 valence electrons. The van der Waals surface area contributed by atoms with Gasteiger partial charge in [0.1, 0.15) is 6.10 Å². The topological polar surface area (TPSA) is 55.8 Å². The number of esters is 1. The van der Waals surface area contributed by atoms with Crippen LogP contribution >= 0.6 is 0 Å². The molecule has 4 heteroatoms. The number of ether oxygens (including phenoxy) is 2. The van der Waals surface area contributed by atoms with Crippen molar-refractivity contribution in [3.05, 3.63) is 12.2 Å². The van der Waals surface area contributed by atoms with Crippen LogP contribution in [0.4, 0.5) is 0 Å². The minimum absolute atomic E-state index is 0.176. The average molecular weight is 661 g/mol. The van der Waals surface area contributed by atoms with E-state index in [4.69, 9.17) is 9.47 Å². The van der Waals surface area contributed by atoms with E-state index in [0.717, 1.165) is 32.1 Å². The van der Waals surface area contributed by atoms with E-state index in [1.165, 1.54) is 167 Å². The lowest BCUT2D eigenvalue weighted by molar-refractivity contribution is -0.154. The number of carbonyl (C=O) groups excluding carboxylic acids is 1. The number of aliphatic hydroxyl groups is 1. The highest BCUT2D eigenvalue weighted by molar-refractivity contribution is 5.69. The molecule has 0 aliphatic carbocycles. The number of rotatable bonds is 37. The van der Waals surface area contributed by atoms with Gasteiger partial charge in [-0.2, -0.15) is 0 Å². The van der Waals surface area contributed by atoms with E-state index in [-0.39, 0.29) is 12.6 Å². The van der Waals surface area contributed by atoms with Gasteiger partial charge < -0.3 is 14.6 Å². The summed E-state index contributed by atoms with van der Waals surface area (Å²) in [6.45, 7) is 5.32. The first-order chi connectivity index (χ1) is 23.2. The van der Waals surface area contributed by atoms with Gasteiger partial charge in [-0.05, 0) is 51.4 Å². The SMILES string of the molecule is CCCCCCCCC#CCCCCCCCCCCCCOCC(CO)OC(=O)CCCCCCC/C=C\CCCCCCCC. The Hall–Kier alpha value is -1.31. The quantitative estimate of drug-likeness (QED) is 0.0312. The van der Waals surface area contributed by atoms with Crippen LogP contribution in [0.15, 0.2) is 12.2 Å². The molecule has 0 aliphatic heterocycles. The maximum absolute atomic E-state index is 12.2. The van der Waals surface area contributed by atoms with Gasteiger partial charge in [0.25, 0.3) is 0 Å². The Bertz CT molecular complexity index is 706. The summed E-state index contributed by atoms with van der Waals surface area (Å²) >= 11 is 0. The molecule has 4 nitrogen and oxygen atoms in total. The molecule has 0 spiro atoms. The van der Waals surface area contributed by atoms with Crippen molar-refractivity contribution in [1.29, 1.82) is 0 Å². The summed E-state index contributed by atoms with van der Waals surface area (Å²) in [5, 5.41) is 9.58. The van der Waals surface area contributed by atoms with Crippen molar-refractivity contribution < 1.29 is 19.4 Å². The Morgan fingerprint density at radius 3 is 1.43 bits per heavy atom. The second kappa shape index (κ2) is 40.9. The predicted molar refractivity (Wildman–Crippen MR) is 204 cm³/mol. The van der Waals surface area contributed by atoms with Gasteiger partial charge in [0.15, 0.2) is 0 Å². The highest BCUT2D eigenvalue weighted by Gasteiger charge is 2.13. The number of unbranched alkanes of at least 4 members (excludes halogenated alkanes) is 27. The van der Waals surface area contributed by atoms with Crippen molar-refractivity contribution in [3.8, 4) is 11.8 Å². The van der Waals surface area contributed by atoms with Crippen molar-refractivity contribution in [2.45, 2.75) is 225 Å². The fourth-order valence-corrected chi connectivity index (χ4v) is 5.93. The minimum atomic E-state index is -0.539. The van der Waals surface area contributed by atoms with Crippen molar-refractivity contribution in [2.75, 3.05) is 19.8 Å². The Morgan fingerprint density at radius 1 is 0.553 bits per heavy atom. The lowest BCUT2D eigenvalue weighted by Crippen LogP contribution is -2.27. The predicted octanol–water partition coefficient (Wildman–Crippen LogP) is 13.0. The Kier molecular flexibility index (Phi) is 39.7. The highest BCUT2D eigenvalue weighted by Crippen LogP contribution is 2.13. The molecule has 0 bridgehead atoms. The number of hydrogen-bond donors (Lipinski definition) is 1. The van der Waals surface area contributed by atoms with Crippen molar-refractivity contribution in [3.63, 3.8) is 0 Å². The first kappa shape index (κ1) is 45.7. The number of hydrogen-bond acceptors (Lipinski definition) is 4. The van der Waals surface area contributed by atoms with Crippen LogP contribution in [0.25, 0.3) is 0 Å². The zero-order chi connectivity index (χ0) is 34.1. The zero-order valence-electron chi connectivity index (χ0n) is 31.7. The second-order valence-electron chi connectivity index (χ2n) is 13.9. The monoisotopic (exact) mass is 661 g/mol. The Labute approximate surface area is 294 Å². The largest absolute Gasteiger partial charge is 0.457 e. The molecular formula is C43H80O4. The van der Waals surface area contributed by atoms with Crippen LogP contribution in [0.3, 0.4) is 0 Å². The third-order valence-electron chi connectivity index (χ3n) is 9.07. The molecule has 0 saturated carbocycles. The van der Waals surface area contributed by atoms with Gasteiger partial charge in [-0.1, -0.05) is 161 Å². The Balaban J connectivity index is 3.42. The molecule has 0 heterocycles. The van der Waals surface area contributed by atoms with Gasteiger partial charge in [0, 0.05) is 25.9 Å². The maximum Gasteiger partial charge on any atom is 0.306 e. The van der Waals surface area contributed by atoms with Crippen LogP contribution < -0.4 is 0 Å². The second-order valence-corrected chi connectivity index (χ2v) is 13.9. The normalized spacial score (nSPS) is 12.0. The molecule has 0 aromatic heterocycles. The summed E-state index contributed by atoms with van der Waals surface area (Å²) in [6.07, 6.45) is 43.8. The third-order valence-corrected chi connectivity index (χ3v) is 9.07. The maximum atomic E-state index is 12.2. The van der Waals surface area contributed by atoms with E-state index in [2.05, 4.69) is 37.8 Å². The summed E-state index contributed by atoms with van der Waals surface area (Å²) < 4.78 is 11.1. The zero-order valence-corrected chi connectivity index (χ0v) is 31.7. The minimum Gasteiger partial charge on any atom is -0.457 e. The van der Waals surface area contributed by atoms with Crippen molar-refractivity contribution in [1.82, 2.24) is 0 Å². The molecule has 0 aromatic rings. The molecule has 0 radical (unpaired) electrons. The van der Waals surface area contributed by atoms with Crippen LogP contribution in [0.5, 0.6) is 0 Å². The van der Waals surface area contributed by atoms with E-state index in [1.54, 1.807) is 0 Å². The lowest BCUT2D eigenvalue weighted by Gasteiger charge is -2.15. The molecule has 0 rings (SSSR count). The molecular weight excluding hydrogens is 580 g/mol. The fourth-order valence-electron chi connectivity index (χ4n) is 5.93. The van der Waals surface area contributed by atoms with Crippen LogP contribution in [0.2, 0.25) is 0 Å². The van der Waals surface area contributed by atoms with Gasteiger partial charge in [-0.25, -0.2) is 0 Å². The molecule has 0 saturated heterocycles. The van der Waals surface area contributed by atoms with Gasteiger partial charge in [-0.15, -0.1) is 11.8 Å². The van der Waals surface area contributed by atoms with Crippen LogP contribution in [-0.4, -0.2) is 37.0 Å². The molecule has 0 fully saturated rings. The summed E-state index contributed by atoms with van der Waals surface area (Å²) in [4.78, 5) is 12.2. The molecule has 0 amide bonds. The lowest BCUT2D eigenvalue weighted by atomic mass is 10.1. The van der Waals surface area contributed by atoms with Gasteiger partial charge in [-0.3, -0.25) is 4.79 Å². The molecule has 1 unspecified atom stereocenters. The standard InChI is InChI=1S/C43H80O4/c1-3-5-7-9-11-13-15-17-19-20-21-22-23-25-27-29-31-33-35-37-39-46-41-42(40-44)47-43(45)38-36-34-32-30-28-26-24-18-16-14-12-10-8-6-4-2/h18,24,42,44H,3-16,20-23,25-41H2,1-2H3/b24-18-. The van der Waals surface area contributed by atoms with Gasteiger partial charge in [0.05, 0.1) is 13.2 Å². The summed E-state index contributed by atoms with van der Waals surface area (Å²) in [5.41, 5.74) is 0. The van der Waals surface area contributed by atoms with Crippen molar-refractivity contribution >= 4 is 5.97 Å². The van der Waals surface area contributed by atoms with Crippen LogP contribution in [0.1, 0.15) is 219 Å². The highest BCUT2D eigenvalue weighted by atomic mass is 16.6. The summed E-state index contributed by atoms with van der Waals surface area (Å²) in [6, 6.07) is 0. The molecule has 1 atom stereocenters. The third kappa shape index (κ3) is 39.0. The summed E-state index contributed by atoms with van der Waals surface area (Å²) in [7, 11) is 0. The molecule has 0 aromatic carbocycles. The molecule has 0 aliphatic rings. The van der Waals surface area contributed by atoms with Crippen LogP contribution in [0, 0.1) is 11.8 Å². The van der Waals surface area contributed by atoms with E-state index < -0.39 is 6.10 Å². The van der Waals surface area contributed by atoms with Gasteiger partial charge >= 0.3 is 5.97 Å². The molecule has 47 heavy (non-hydrogen) atoms. The average Bonchev–Trinajstić information content (AvgIpc) is 3.08. The van der Waals surface area contributed by atoms with Crippen molar-refractivity contribution in [2.24, 2.45) is 0 Å². The van der Waals surface area contributed by atoms with Crippen LogP contribution in [-0.2, 0) is 14.3 Å². The van der Waals surface area contributed by atoms with E-state index in [1.807, 2.05) is 0 Å². The molecule has 1 N–H and O–H groups in total. The smallest absolute Gasteiger partial charge is 0.306 e. The van der Waals surface area contributed by atoms with E-state index in [0.29, 0.717) is 19.6 Å². The number of carbonyl (C=O) groups is 1. The number of allylic oxidation sites excluding steroid dienone is 2. The van der Waals surface area contributed by atoms with Gasteiger partial charge in [0.2, 0.25) is 0 Å². The summed E-state index contributed by atoms with van der Waals surface area (Å²) in [5.74, 6) is 6.53. The van der Waals surface area contributed by atoms with E-state index >= 15 is 0 Å².